The van der Waals surface area contributed by atoms with Gasteiger partial charge in [-0.05, 0) is 44.2 Å². The molecule has 2 aliphatic heterocycles. The van der Waals surface area contributed by atoms with Crippen molar-refractivity contribution in [3.63, 3.8) is 0 Å². The zero-order valence-corrected chi connectivity index (χ0v) is 23.0. The highest BCUT2D eigenvalue weighted by Gasteiger charge is 2.64. The van der Waals surface area contributed by atoms with Gasteiger partial charge in [-0.1, -0.05) is 32.0 Å². The summed E-state index contributed by atoms with van der Waals surface area (Å²) in [6.45, 7) is 5.62. The number of benzene rings is 1. The van der Waals surface area contributed by atoms with E-state index >= 15 is 0 Å². The third-order valence-electron chi connectivity index (χ3n) is 7.67. The molecule has 0 bridgehead atoms. The number of rotatable bonds is 10. The standard InChI is InChI=1S/C27H32F5N5O4/c1-5-37(21(39)17(4)34-23(41)26(28,29)27(30,31)32)24(15-38,10-16(2)3)13-36-14-25(11-18(36)12-33)19-8-6-7-9-20(19)35-22(25)40/h6-9,15-18H,5,10-11,13-14H2,1-4H3,(H,34,41)(H,35,40)/t17-,18-,24+,25-/m0/s1. The van der Waals surface area contributed by atoms with E-state index in [1.54, 1.807) is 43.0 Å². The van der Waals surface area contributed by atoms with Crippen molar-refractivity contribution in [1.29, 1.82) is 5.26 Å². The first kappa shape index (κ1) is 31.9. The quantitative estimate of drug-likeness (QED) is 0.322. The molecule has 224 valence electrons. The lowest BCUT2D eigenvalue weighted by Crippen LogP contribution is -2.64. The molecule has 41 heavy (non-hydrogen) atoms. The molecule has 4 atom stereocenters. The van der Waals surface area contributed by atoms with Crippen LogP contribution in [0.4, 0.5) is 27.6 Å². The summed E-state index contributed by atoms with van der Waals surface area (Å²) in [4.78, 5) is 53.8. The van der Waals surface area contributed by atoms with E-state index in [-0.39, 0.29) is 44.3 Å². The minimum atomic E-state index is -6.17. The normalized spacial score (nSPS) is 23.0. The Balaban J connectivity index is 1.95. The molecule has 0 saturated carbocycles. The van der Waals surface area contributed by atoms with Gasteiger partial charge in [0.1, 0.15) is 17.9 Å². The van der Waals surface area contributed by atoms with Crippen LogP contribution in [0.2, 0.25) is 0 Å². The largest absolute Gasteiger partial charge is 0.463 e. The average molecular weight is 586 g/mol. The van der Waals surface area contributed by atoms with Crippen molar-refractivity contribution in [1.82, 2.24) is 15.1 Å². The highest BCUT2D eigenvalue weighted by molar-refractivity contribution is 6.06. The topological polar surface area (TPSA) is 123 Å². The molecule has 1 fully saturated rings. The SMILES string of the molecule is CCN(C(=O)[C@H](C)NC(=O)C(F)(F)C(F)(F)F)[C@](C=O)(CC(C)C)CN1C[C@]2(C[C@H]1C#N)C(=O)Nc1ccccc12. The Labute approximate surface area is 234 Å². The van der Waals surface area contributed by atoms with E-state index in [9.17, 15) is 46.4 Å². The number of likely N-dealkylation sites (tertiary alicyclic amines) is 1. The number of fused-ring (bicyclic) bond motifs is 2. The number of alkyl halides is 5. The number of nitriles is 1. The summed E-state index contributed by atoms with van der Waals surface area (Å²) in [7, 11) is 0. The van der Waals surface area contributed by atoms with Crippen molar-refractivity contribution in [2.75, 3.05) is 25.0 Å². The fourth-order valence-corrected chi connectivity index (χ4v) is 5.88. The Bertz CT molecular complexity index is 1250. The summed E-state index contributed by atoms with van der Waals surface area (Å²) < 4.78 is 65.1. The van der Waals surface area contributed by atoms with Gasteiger partial charge in [0.15, 0.2) is 0 Å². The number of nitrogens with zero attached hydrogens (tertiary/aromatic N) is 3. The van der Waals surface area contributed by atoms with Crippen LogP contribution < -0.4 is 10.6 Å². The maximum Gasteiger partial charge on any atom is 0.463 e. The monoisotopic (exact) mass is 585 g/mol. The van der Waals surface area contributed by atoms with Crippen molar-refractivity contribution < 1.29 is 41.1 Å². The molecule has 0 aromatic heterocycles. The molecule has 3 amide bonds. The Morgan fingerprint density at radius 3 is 2.41 bits per heavy atom. The summed E-state index contributed by atoms with van der Waals surface area (Å²) >= 11 is 0. The maximum absolute atomic E-state index is 13.5. The summed E-state index contributed by atoms with van der Waals surface area (Å²) in [5.41, 5.74) is -1.46. The average Bonchev–Trinajstić information content (AvgIpc) is 3.39. The number of likely N-dealkylation sites (N-methyl/N-ethyl adjacent to an activating group) is 1. The van der Waals surface area contributed by atoms with Gasteiger partial charge in [-0.3, -0.25) is 19.3 Å². The van der Waals surface area contributed by atoms with Crippen LogP contribution >= 0.6 is 0 Å². The molecule has 0 unspecified atom stereocenters. The number of halogens is 5. The van der Waals surface area contributed by atoms with Gasteiger partial charge < -0.3 is 20.3 Å². The minimum absolute atomic E-state index is 0.0393. The van der Waals surface area contributed by atoms with Gasteiger partial charge in [-0.2, -0.15) is 27.2 Å². The lowest BCUT2D eigenvalue weighted by Gasteiger charge is -2.44. The second-order valence-electron chi connectivity index (χ2n) is 11.0. The zero-order chi connectivity index (χ0) is 31.0. The van der Waals surface area contributed by atoms with Gasteiger partial charge >= 0.3 is 18.0 Å². The number of para-hydroxylation sites is 1. The molecule has 9 nitrogen and oxygen atoms in total. The molecule has 2 heterocycles. The van der Waals surface area contributed by atoms with E-state index in [1.165, 1.54) is 12.2 Å². The van der Waals surface area contributed by atoms with Crippen molar-refractivity contribution in [2.45, 2.75) is 75.7 Å². The first-order valence-electron chi connectivity index (χ1n) is 13.1. The van der Waals surface area contributed by atoms with Gasteiger partial charge in [0, 0.05) is 25.3 Å². The van der Waals surface area contributed by atoms with Crippen LogP contribution in [0.1, 0.15) is 46.1 Å². The highest BCUT2D eigenvalue weighted by atomic mass is 19.4. The van der Waals surface area contributed by atoms with Gasteiger partial charge in [0.25, 0.3) is 0 Å². The molecule has 14 heteroatoms. The Hall–Kier alpha value is -3.60. The van der Waals surface area contributed by atoms with Crippen LogP contribution in [0.3, 0.4) is 0 Å². The number of carbonyl (C=O) groups excluding carboxylic acids is 4. The van der Waals surface area contributed by atoms with Gasteiger partial charge in [0.2, 0.25) is 11.8 Å². The maximum atomic E-state index is 13.5. The van der Waals surface area contributed by atoms with E-state index in [4.69, 9.17) is 0 Å². The Kier molecular flexibility index (Phi) is 8.84. The fraction of sp³-hybridized carbons (Fsp3) is 0.593. The van der Waals surface area contributed by atoms with Crippen molar-refractivity contribution in [3.05, 3.63) is 29.8 Å². The molecule has 1 aromatic rings. The third kappa shape index (κ3) is 5.64. The number of hydrogen-bond acceptors (Lipinski definition) is 6. The van der Waals surface area contributed by atoms with Gasteiger partial charge in [-0.25, -0.2) is 0 Å². The third-order valence-corrected chi connectivity index (χ3v) is 7.67. The number of carbonyl (C=O) groups is 4. The number of aldehydes is 1. The summed E-state index contributed by atoms with van der Waals surface area (Å²) in [5, 5.41) is 14.2. The molecule has 0 radical (unpaired) electrons. The van der Waals surface area contributed by atoms with Gasteiger partial charge in [0.05, 0.1) is 17.5 Å². The second-order valence-corrected chi connectivity index (χ2v) is 11.0. The molecular formula is C27H32F5N5O4. The number of amides is 3. The van der Waals surface area contributed by atoms with Crippen LogP contribution in [0.5, 0.6) is 0 Å². The highest BCUT2D eigenvalue weighted by Crippen LogP contribution is 2.47. The van der Waals surface area contributed by atoms with Crippen LogP contribution in [0, 0.1) is 17.2 Å². The van der Waals surface area contributed by atoms with E-state index in [0.29, 0.717) is 17.5 Å². The lowest BCUT2D eigenvalue weighted by atomic mass is 9.80. The van der Waals surface area contributed by atoms with Crippen LogP contribution in [0.25, 0.3) is 0 Å². The minimum Gasteiger partial charge on any atom is -0.339 e. The molecular weight excluding hydrogens is 553 g/mol. The summed E-state index contributed by atoms with van der Waals surface area (Å²) in [6.07, 6.45) is -5.52. The molecule has 1 aromatic carbocycles. The molecule has 1 spiro atoms. The summed E-state index contributed by atoms with van der Waals surface area (Å²) in [5.74, 6) is -10.0. The van der Waals surface area contributed by atoms with Crippen LogP contribution in [-0.4, -0.2) is 83.2 Å². The Morgan fingerprint density at radius 2 is 1.88 bits per heavy atom. The molecule has 0 aliphatic carbocycles. The predicted octanol–water partition coefficient (Wildman–Crippen LogP) is 3.01. The zero-order valence-electron chi connectivity index (χ0n) is 23.0. The molecule has 2 aliphatic rings. The summed E-state index contributed by atoms with van der Waals surface area (Å²) in [6, 6.07) is 6.50. The van der Waals surface area contributed by atoms with Crippen molar-refractivity contribution in [3.8, 4) is 6.07 Å². The van der Waals surface area contributed by atoms with Crippen LogP contribution in [0.15, 0.2) is 24.3 Å². The first-order valence-corrected chi connectivity index (χ1v) is 13.1. The first-order chi connectivity index (χ1) is 19.0. The van der Waals surface area contributed by atoms with Crippen molar-refractivity contribution >= 4 is 29.7 Å². The fourth-order valence-electron chi connectivity index (χ4n) is 5.88. The number of nitrogens with one attached hydrogen (secondary N) is 2. The molecule has 2 N–H and O–H groups in total. The van der Waals surface area contributed by atoms with E-state index < -0.39 is 47.0 Å². The number of hydrogen-bond donors (Lipinski definition) is 2. The predicted molar refractivity (Wildman–Crippen MR) is 137 cm³/mol. The molecule has 1 saturated heterocycles. The van der Waals surface area contributed by atoms with Crippen molar-refractivity contribution in [2.24, 2.45) is 5.92 Å². The van der Waals surface area contributed by atoms with Gasteiger partial charge in [-0.15, -0.1) is 0 Å². The number of anilines is 1. The molecule has 3 rings (SSSR count). The van der Waals surface area contributed by atoms with E-state index in [2.05, 4.69) is 11.4 Å². The van der Waals surface area contributed by atoms with Crippen LogP contribution in [-0.2, 0) is 24.6 Å². The van der Waals surface area contributed by atoms with E-state index in [0.717, 1.165) is 11.8 Å². The second kappa shape index (κ2) is 11.3. The lowest BCUT2D eigenvalue weighted by molar-refractivity contribution is -0.270. The Morgan fingerprint density at radius 1 is 1.24 bits per heavy atom. The van der Waals surface area contributed by atoms with E-state index in [1.807, 2.05) is 0 Å². The smallest absolute Gasteiger partial charge is 0.339 e.